The summed E-state index contributed by atoms with van der Waals surface area (Å²) in [7, 11) is 0. The first kappa shape index (κ1) is 16.8. The Morgan fingerprint density at radius 1 is 1.33 bits per heavy atom. The molecule has 0 aromatic carbocycles. The highest BCUT2D eigenvalue weighted by atomic mass is 16.5. The number of nitrogens with zero attached hydrogens (tertiary/aromatic N) is 1. The molecule has 4 heteroatoms. The summed E-state index contributed by atoms with van der Waals surface area (Å²) in [4.78, 5) is 14.9. The Hall–Kier alpha value is -0.610. The predicted molar refractivity (Wildman–Crippen MR) is 85.1 cm³/mol. The van der Waals surface area contributed by atoms with Gasteiger partial charge in [-0.3, -0.25) is 10.1 Å². The number of ether oxygens (including phenoxy) is 1. The summed E-state index contributed by atoms with van der Waals surface area (Å²) in [5, 5.41) is 3.67. The molecule has 1 aliphatic heterocycles. The van der Waals surface area contributed by atoms with Gasteiger partial charge >= 0.3 is 0 Å². The van der Waals surface area contributed by atoms with Crippen molar-refractivity contribution in [1.29, 1.82) is 0 Å². The Bertz CT molecular complexity index is 338. The van der Waals surface area contributed by atoms with Crippen LogP contribution in [0.4, 0.5) is 0 Å². The second-order valence-corrected chi connectivity index (χ2v) is 6.86. The van der Waals surface area contributed by atoms with Crippen LogP contribution in [0.1, 0.15) is 72.1 Å². The van der Waals surface area contributed by atoms with Gasteiger partial charge in [0.25, 0.3) is 0 Å². The molecule has 4 nitrogen and oxygen atoms in total. The molecule has 0 aromatic rings. The van der Waals surface area contributed by atoms with Crippen LogP contribution in [0, 0.1) is 0 Å². The molecule has 0 bridgehead atoms. The molecular weight excluding hydrogens is 264 g/mol. The first-order valence-electron chi connectivity index (χ1n) is 8.79. The van der Waals surface area contributed by atoms with Crippen molar-refractivity contribution in [3.63, 3.8) is 0 Å². The van der Waals surface area contributed by atoms with Crippen LogP contribution in [0.5, 0.6) is 0 Å². The third kappa shape index (κ3) is 3.98. The first-order valence-corrected chi connectivity index (χ1v) is 8.79. The maximum Gasteiger partial charge on any atom is 0.244 e. The Morgan fingerprint density at radius 3 is 2.67 bits per heavy atom. The minimum atomic E-state index is -0.214. The number of hydrogen-bond acceptors (Lipinski definition) is 3. The van der Waals surface area contributed by atoms with Crippen LogP contribution in [-0.4, -0.2) is 41.8 Å². The van der Waals surface area contributed by atoms with Crippen LogP contribution >= 0.6 is 0 Å². The van der Waals surface area contributed by atoms with Gasteiger partial charge in [-0.25, -0.2) is 0 Å². The standard InChI is InChI=1S/C17H32N2O2/c1-4-9-15-18-17(10-5-6-11-17)16(20)19(15)12-7-8-13-21-14(2)3/h14-15,18H,4-13H2,1-3H3. The Labute approximate surface area is 129 Å². The molecule has 1 atom stereocenters. The van der Waals surface area contributed by atoms with E-state index in [1.807, 2.05) is 0 Å². The number of amides is 1. The molecule has 1 N–H and O–H groups in total. The zero-order valence-corrected chi connectivity index (χ0v) is 14.0. The van der Waals surface area contributed by atoms with E-state index in [0.29, 0.717) is 12.0 Å². The number of rotatable bonds is 8. The molecule has 1 heterocycles. The second-order valence-electron chi connectivity index (χ2n) is 6.86. The normalized spacial score (nSPS) is 24.7. The smallest absolute Gasteiger partial charge is 0.244 e. The third-order valence-corrected chi connectivity index (χ3v) is 4.75. The molecule has 2 rings (SSSR count). The van der Waals surface area contributed by atoms with E-state index in [0.717, 1.165) is 51.7 Å². The summed E-state index contributed by atoms with van der Waals surface area (Å²) >= 11 is 0. The quantitative estimate of drug-likeness (QED) is 0.700. The molecule has 0 aromatic heterocycles. The highest BCUT2D eigenvalue weighted by Gasteiger charge is 2.51. The summed E-state index contributed by atoms with van der Waals surface area (Å²) in [6, 6.07) is 0. The van der Waals surface area contributed by atoms with Crippen LogP contribution in [-0.2, 0) is 9.53 Å². The lowest BCUT2D eigenvalue weighted by atomic mass is 9.98. The van der Waals surface area contributed by atoms with Crippen molar-refractivity contribution < 1.29 is 9.53 Å². The summed E-state index contributed by atoms with van der Waals surface area (Å²) < 4.78 is 5.58. The van der Waals surface area contributed by atoms with Crippen LogP contribution in [0.25, 0.3) is 0 Å². The molecule has 1 spiro atoms. The van der Waals surface area contributed by atoms with Crippen LogP contribution in [0.2, 0.25) is 0 Å². The summed E-state index contributed by atoms with van der Waals surface area (Å²) in [5.74, 6) is 0.364. The van der Waals surface area contributed by atoms with Crippen LogP contribution < -0.4 is 5.32 Å². The average Bonchev–Trinajstić information content (AvgIpc) is 3.00. The number of carbonyl (C=O) groups is 1. The van der Waals surface area contributed by atoms with Crippen molar-refractivity contribution in [1.82, 2.24) is 10.2 Å². The molecule has 1 saturated carbocycles. The van der Waals surface area contributed by atoms with E-state index >= 15 is 0 Å². The molecule has 2 fully saturated rings. The van der Waals surface area contributed by atoms with Crippen LogP contribution in [0.15, 0.2) is 0 Å². The molecule has 1 unspecified atom stereocenters. The largest absolute Gasteiger partial charge is 0.379 e. The monoisotopic (exact) mass is 296 g/mol. The number of unbranched alkanes of at least 4 members (excludes halogenated alkanes) is 1. The lowest BCUT2D eigenvalue weighted by Gasteiger charge is -2.24. The lowest BCUT2D eigenvalue weighted by molar-refractivity contribution is -0.133. The van der Waals surface area contributed by atoms with Crippen molar-refractivity contribution in [2.75, 3.05) is 13.2 Å². The molecule has 21 heavy (non-hydrogen) atoms. The van der Waals surface area contributed by atoms with Crippen molar-refractivity contribution in [3.8, 4) is 0 Å². The number of hydrogen-bond donors (Lipinski definition) is 1. The topological polar surface area (TPSA) is 41.6 Å². The molecule has 1 saturated heterocycles. The minimum Gasteiger partial charge on any atom is -0.379 e. The van der Waals surface area contributed by atoms with Crippen molar-refractivity contribution in [2.24, 2.45) is 0 Å². The highest BCUT2D eigenvalue weighted by molar-refractivity contribution is 5.89. The van der Waals surface area contributed by atoms with Crippen molar-refractivity contribution in [3.05, 3.63) is 0 Å². The number of carbonyl (C=O) groups excluding carboxylic acids is 1. The maximum atomic E-state index is 12.8. The van der Waals surface area contributed by atoms with E-state index in [9.17, 15) is 4.79 Å². The predicted octanol–water partition coefficient (Wildman–Crippen LogP) is 3.06. The van der Waals surface area contributed by atoms with Gasteiger partial charge in [0.15, 0.2) is 0 Å². The van der Waals surface area contributed by atoms with Crippen molar-refractivity contribution in [2.45, 2.75) is 89.9 Å². The first-order chi connectivity index (χ1) is 10.1. The van der Waals surface area contributed by atoms with Gasteiger partial charge in [0.2, 0.25) is 5.91 Å². The van der Waals surface area contributed by atoms with E-state index in [-0.39, 0.29) is 11.7 Å². The molecule has 122 valence electrons. The SMILES string of the molecule is CCCC1NC2(CCCC2)C(=O)N1CCCCOC(C)C. The Kier molecular flexibility index (Phi) is 6.06. The lowest BCUT2D eigenvalue weighted by Crippen LogP contribution is -2.44. The van der Waals surface area contributed by atoms with Gasteiger partial charge in [0, 0.05) is 13.2 Å². The average molecular weight is 296 g/mol. The fourth-order valence-corrected chi connectivity index (χ4v) is 3.67. The van der Waals surface area contributed by atoms with Gasteiger partial charge in [0.1, 0.15) is 0 Å². The summed E-state index contributed by atoms with van der Waals surface area (Å²) in [5.41, 5.74) is -0.214. The fourth-order valence-electron chi connectivity index (χ4n) is 3.67. The minimum absolute atomic E-state index is 0.214. The Morgan fingerprint density at radius 2 is 2.05 bits per heavy atom. The van der Waals surface area contributed by atoms with E-state index < -0.39 is 0 Å². The molecule has 2 aliphatic rings. The Balaban J connectivity index is 1.84. The zero-order chi connectivity index (χ0) is 15.3. The van der Waals surface area contributed by atoms with Gasteiger partial charge in [0.05, 0.1) is 17.8 Å². The number of nitrogens with one attached hydrogen (secondary N) is 1. The maximum absolute atomic E-state index is 12.8. The van der Waals surface area contributed by atoms with E-state index in [1.165, 1.54) is 12.8 Å². The van der Waals surface area contributed by atoms with Gasteiger partial charge < -0.3 is 9.64 Å². The highest BCUT2D eigenvalue weighted by Crippen LogP contribution is 2.37. The summed E-state index contributed by atoms with van der Waals surface area (Å²) in [6.07, 6.45) is 9.24. The molecule has 0 radical (unpaired) electrons. The summed E-state index contributed by atoms with van der Waals surface area (Å²) in [6.45, 7) is 8.00. The van der Waals surface area contributed by atoms with E-state index in [1.54, 1.807) is 0 Å². The van der Waals surface area contributed by atoms with Gasteiger partial charge in [-0.05, 0) is 46.0 Å². The zero-order valence-electron chi connectivity index (χ0n) is 14.0. The fraction of sp³-hybridized carbons (Fsp3) is 0.941. The van der Waals surface area contributed by atoms with Gasteiger partial charge in [-0.1, -0.05) is 26.2 Å². The van der Waals surface area contributed by atoms with E-state index in [4.69, 9.17) is 4.74 Å². The van der Waals surface area contributed by atoms with Gasteiger partial charge in [-0.2, -0.15) is 0 Å². The van der Waals surface area contributed by atoms with Crippen LogP contribution in [0.3, 0.4) is 0 Å². The molecule has 1 amide bonds. The third-order valence-electron chi connectivity index (χ3n) is 4.75. The second kappa shape index (κ2) is 7.59. The molecular formula is C17H32N2O2. The van der Waals surface area contributed by atoms with Gasteiger partial charge in [-0.15, -0.1) is 0 Å². The molecule has 1 aliphatic carbocycles. The van der Waals surface area contributed by atoms with E-state index in [2.05, 4.69) is 31.0 Å². The van der Waals surface area contributed by atoms with Crippen molar-refractivity contribution >= 4 is 5.91 Å².